The van der Waals surface area contributed by atoms with Crippen molar-refractivity contribution in [1.29, 1.82) is 0 Å². The molecule has 1 aliphatic rings. The van der Waals surface area contributed by atoms with Gasteiger partial charge in [-0.2, -0.15) is 0 Å². The third-order valence-electron chi connectivity index (χ3n) is 4.61. The Hall–Kier alpha value is -1.93. The van der Waals surface area contributed by atoms with Crippen LogP contribution in [0.4, 0.5) is 0 Å². The van der Waals surface area contributed by atoms with Gasteiger partial charge < -0.3 is 10.2 Å². The predicted octanol–water partition coefficient (Wildman–Crippen LogP) is 1.10. The van der Waals surface area contributed by atoms with Gasteiger partial charge in [0.05, 0.1) is 18.0 Å². The van der Waals surface area contributed by atoms with Crippen molar-refractivity contribution in [3.05, 3.63) is 29.3 Å². The molecule has 2 amide bonds. The summed E-state index contributed by atoms with van der Waals surface area (Å²) < 4.78 is 26.8. The summed E-state index contributed by atoms with van der Waals surface area (Å²) in [4.78, 5) is 25.9. The molecule has 1 aliphatic heterocycles. The van der Waals surface area contributed by atoms with E-state index in [9.17, 15) is 18.0 Å². The number of rotatable bonds is 6. The molecule has 1 heterocycles. The summed E-state index contributed by atoms with van der Waals surface area (Å²) in [6.07, 6.45) is 4.21. The van der Waals surface area contributed by atoms with Gasteiger partial charge in [0.1, 0.15) is 0 Å². The molecule has 8 heteroatoms. The van der Waals surface area contributed by atoms with E-state index in [2.05, 4.69) is 10.0 Å². The van der Waals surface area contributed by atoms with Gasteiger partial charge in [-0.25, -0.2) is 13.1 Å². The maximum absolute atomic E-state index is 12.3. The molecule has 1 saturated heterocycles. The predicted molar refractivity (Wildman–Crippen MR) is 99.2 cm³/mol. The lowest BCUT2D eigenvalue weighted by atomic mass is 10.1. The number of carbonyl (C=O) groups excluding carboxylic acids is 2. The molecule has 2 rings (SSSR count). The van der Waals surface area contributed by atoms with E-state index >= 15 is 0 Å². The van der Waals surface area contributed by atoms with Gasteiger partial charge in [-0.05, 0) is 49.9 Å². The van der Waals surface area contributed by atoms with Crippen LogP contribution in [0.1, 0.15) is 36.8 Å². The fourth-order valence-electron chi connectivity index (χ4n) is 2.79. The van der Waals surface area contributed by atoms with Crippen LogP contribution in [0, 0.1) is 13.8 Å². The van der Waals surface area contributed by atoms with Gasteiger partial charge in [0.2, 0.25) is 21.8 Å². The zero-order valence-corrected chi connectivity index (χ0v) is 16.2. The fourth-order valence-corrected chi connectivity index (χ4v) is 3.86. The lowest BCUT2D eigenvalue weighted by molar-refractivity contribution is -0.132. The van der Waals surface area contributed by atoms with Gasteiger partial charge in [-0.15, -0.1) is 0 Å². The molecule has 1 aromatic carbocycles. The Kier molecular flexibility index (Phi) is 7.16. The summed E-state index contributed by atoms with van der Waals surface area (Å²) in [5, 5.41) is 2.49. The molecule has 26 heavy (non-hydrogen) atoms. The molecule has 0 spiro atoms. The van der Waals surface area contributed by atoms with Crippen LogP contribution in [0.25, 0.3) is 0 Å². The van der Waals surface area contributed by atoms with Crippen molar-refractivity contribution in [2.45, 2.75) is 44.4 Å². The minimum Gasteiger partial charge on any atom is -0.346 e. The van der Waals surface area contributed by atoms with Gasteiger partial charge in [-0.1, -0.05) is 18.9 Å². The third-order valence-corrected chi connectivity index (χ3v) is 6.01. The minimum absolute atomic E-state index is 0.107. The molecule has 0 bridgehead atoms. The van der Waals surface area contributed by atoms with Crippen molar-refractivity contribution in [1.82, 2.24) is 14.9 Å². The molecule has 1 aromatic rings. The molecular formula is C18H27N3O4S. The zero-order valence-electron chi connectivity index (χ0n) is 15.4. The molecule has 2 N–H and O–H groups in total. The molecule has 144 valence electrons. The van der Waals surface area contributed by atoms with Crippen LogP contribution >= 0.6 is 0 Å². The van der Waals surface area contributed by atoms with Crippen molar-refractivity contribution in [3.63, 3.8) is 0 Å². The Labute approximate surface area is 155 Å². The molecule has 0 radical (unpaired) electrons. The van der Waals surface area contributed by atoms with Gasteiger partial charge in [0, 0.05) is 13.1 Å². The average Bonchev–Trinajstić information content (AvgIpc) is 2.89. The summed E-state index contributed by atoms with van der Waals surface area (Å²) in [6, 6.07) is 4.80. The highest BCUT2D eigenvalue weighted by atomic mass is 32.2. The van der Waals surface area contributed by atoms with E-state index < -0.39 is 22.5 Å². The number of hydrogen-bond acceptors (Lipinski definition) is 4. The first-order valence-electron chi connectivity index (χ1n) is 8.91. The first kappa shape index (κ1) is 20.4. The SMILES string of the molecule is Cc1ccc(S(=O)(=O)NCC(=O)NCC(=O)N2CCCCCC2)cc1C. The van der Waals surface area contributed by atoms with Crippen LogP contribution < -0.4 is 10.0 Å². The summed E-state index contributed by atoms with van der Waals surface area (Å²) in [6.45, 7) is 4.65. The number of nitrogens with zero attached hydrogens (tertiary/aromatic N) is 1. The topological polar surface area (TPSA) is 95.6 Å². The summed E-state index contributed by atoms with van der Waals surface area (Å²) in [7, 11) is -3.76. The van der Waals surface area contributed by atoms with Crippen LogP contribution in [0.3, 0.4) is 0 Å². The van der Waals surface area contributed by atoms with Crippen LogP contribution in [0.15, 0.2) is 23.1 Å². The first-order chi connectivity index (χ1) is 12.3. The summed E-state index contributed by atoms with van der Waals surface area (Å²) >= 11 is 0. The molecule has 0 saturated carbocycles. The van der Waals surface area contributed by atoms with Crippen molar-refractivity contribution in [2.24, 2.45) is 0 Å². The maximum Gasteiger partial charge on any atom is 0.241 e. The van der Waals surface area contributed by atoms with E-state index in [-0.39, 0.29) is 17.3 Å². The smallest absolute Gasteiger partial charge is 0.241 e. The maximum atomic E-state index is 12.3. The Morgan fingerprint density at radius 1 is 1.00 bits per heavy atom. The second-order valence-electron chi connectivity index (χ2n) is 6.64. The Morgan fingerprint density at radius 2 is 1.65 bits per heavy atom. The van der Waals surface area contributed by atoms with Gasteiger partial charge in [-0.3, -0.25) is 9.59 Å². The molecular weight excluding hydrogens is 354 g/mol. The number of likely N-dealkylation sites (tertiary alicyclic amines) is 1. The van der Waals surface area contributed by atoms with Crippen LogP contribution in [0.2, 0.25) is 0 Å². The molecule has 7 nitrogen and oxygen atoms in total. The molecule has 1 fully saturated rings. The second-order valence-corrected chi connectivity index (χ2v) is 8.41. The number of aryl methyl sites for hydroxylation is 2. The standard InChI is InChI=1S/C18H27N3O4S/c1-14-7-8-16(11-15(14)2)26(24,25)20-12-17(22)19-13-18(23)21-9-5-3-4-6-10-21/h7-8,11,20H,3-6,9-10,12-13H2,1-2H3,(H,19,22). The van der Waals surface area contributed by atoms with Crippen LogP contribution in [0.5, 0.6) is 0 Å². The zero-order chi connectivity index (χ0) is 19.2. The van der Waals surface area contributed by atoms with E-state index in [1.165, 1.54) is 6.07 Å². The Morgan fingerprint density at radius 3 is 2.27 bits per heavy atom. The molecule has 0 unspecified atom stereocenters. The number of benzene rings is 1. The number of nitrogens with one attached hydrogen (secondary N) is 2. The van der Waals surface area contributed by atoms with E-state index in [4.69, 9.17) is 0 Å². The minimum atomic E-state index is -3.76. The van der Waals surface area contributed by atoms with Crippen molar-refractivity contribution in [2.75, 3.05) is 26.2 Å². The Bertz CT molecular complexity index is 754. The third kappa shape index (κ3) is 5.81. The lowest BCUT2D eigenvalue weighted by Crippen LogP contribution is -2.43. The Balaban J connectivity index is 1.81. The number of sulfonamides is 1. The number of hydrogen-bond donors (Lipinski definition) is 2. The van der Waals surface area contributed by atoms with Crippen LogP contribution in [-0.4, -0.2) is 51.3 Å². The summed E-state index contributed by atoms with van der Waals surface area (Å²) in [5.41, 5.74) is 1.86. The monoisotopic (exact) mass is 381 g/mol. The second kappa shape index (κ2) is 9.14. The highest BCUT2D eigenvalue weighted by Gasteiger charge is 2.18. The van der Waals surface area contributed by atoms with Crippen molar-refractivity contribution >= 4 is 21.8 Å². The van der Waals surface area contributed by atoms with Crippen LogP contribution in [-0.2, 0) is 19.6 Å². The van der Waals surface area contributed by atoms with E-state index in [1.54, 1.807) is 17.0 Å². The van der Waals surface area contributed by atoms with Gasteiger partial charge in [0.15, 0.2) is 0 Å². The summed E-state index contributed by atoms with van der Waals surface area (Å²) in [5.74, 6) is -0.655. The van der Waals surface area contributed by atoms with E-state index in [0.717, 1.165) is 36.8 Å². The van der Waals surface area contributed by atoms with E-state index in [0.29, 0.717) is 13.1 Å². The number of carbonyl (C=O) groups is 2. The highest BCUT2D eigenvalue weighted by molar-refractivity contribution is 7.89. The van der Waals surface area contributed by atoms with Gasteiger partial charge in [0.25, 0.3) is 0 Å². The molecule has 0 aliphatic carbocycles. The molecule has 0 atom stereocenters. The lowest BCUT2D eigenvalue weighted by Gasteiger charge is -2.20. The van der Waals surface area contributed by atoms with E-state index in [1.807, 2.05) is 13.8 Å². The number of amides is 2. The highest BCUT2D eigenvalue weighted by Crippen LogP contribution is 2.14. The van der Waals surface area contributed by atoms with Crippen molar-refractivity contribution < 1.29 is 18.0 Å². The quantitative estimate of drug-likeness (QED) is 0.771. The molecule has 0 aromatic heterocycles. The normalized spacial score (nSPS) is 15.4. The largest absolute Gasteiger partial charge is 0.346 e. The fraction of sp³-hybridized carbons (Fsp3) is 0.556. The van der Waals surface area contributed by atoms with Crippen molar-refractivity contribution in [3.8, 4) is 0 Å². The van der Waals surface area contributed by atoms with Gasteiger partial charge >= 0.3 is 0 Å². The first-order valence-corrected chi connectivity index (χ1v) is 10.4. The average molecular weight is 381 g/mol.